The number of hydrogen-bond donors (Lipinski definition) is 2. The number of rotatable bonds is 6. The number of nitrogens with zero attached hydrogens (tertiary/aromatic N) is 5. The maximum absolute atomic E-state index is 12.5. The van der Waals surface area contributed by atoms with Gasteiger partial charge >= 0.3 is 0 Å². The van der Waals surface area contributed by atoms with Crippen molar-refractivity contribution < 1.29 is 9.73 Å². The molecular weight excluding hydrogens is 418 g/mol. The van der Waals surface area contributed by atoms with Crippen molar-refractivity contribution in [3.8, 4) is 0 Å². The molecule has 2 aromatic rings. The number of anilines is 3. The van der Waals surface area contributed by atoms with Gasteiger partial charge in [0.15, 0.2) is 5.82 Å². The SMILES string of the molecule is Cc1ccc(C(=O)NONc2cc(N(C)C(C)(C)C)nc(N3CCCN(C)CC3)n2)cc1C. The van der Waals surface area contributed by atoms with Crippen LogP contribution in [0, 0.1) is 13.8 Å². The van der Waals surface area contributed by atoms with Gasteiger partial charge in [-0.3, -0.25) is 4.79 Å². The highest BCUT2D eigenvalue weighted by atomic mass is 16.8. The molecule has 0 saturated carbocycles. The fourth-order valence-electron chi connectivity index (χ4n) is 3.44. The first kappa shape index (κ1) is 24.7. The van der Waals surface area contributed by atoms with Crippen LogP contribution in [0.25, 0.3) is 0 Å². The lowest BCUT2D eigenvalue weighted by Crippen LogP contribution is -2.39. The first-order chi connectivity index (χ1) is 15.5. The molecule has 0 bridgehead atoms. The van der Waals surface area contributed by atoms with E-state index >= 15 is 0 Å². The quantitative estimate of drug-likeness (QED) is 0.643. The lowest BCUT2D eigenvalue weighted by Gasteiger charge is -2.34. The zero-order chi connectivity index (χ0) is 24.2. The topological polar surface area (TPSA) is 85.9 Å². The minimum Gasteiger partial charge on any atom is -0.355 e. The second kappa shape index (κ2) is 10.4. The van der Waals surface area contributed by atoms with Gasteiger partial charge in [-0.05, 0) is 77.9 Å². The van der Waals surface area contributed by atoms with Crippen LogP contribution in [0.5, 0.6) is 0 Å². The average Bonchev–Trinajstić information content (AvgIpc) is 2.98. The van der Waals surface area contributed by atoms with Crippen LogP contribution < -0.4 is 20.8 Å². The van der Waals surface area contributed by atoms with E-state index in [2.05, 4.69) is 58.5 Å². The van der Waals surface area contributed by atoms with Crippen molar-refractivity contribution in [3.63, 3.8) is 0 Å². The van der Waals surface area contributed by atoms with Gasteiger partial charge in [0.05, 0.1) is 0 Å². The largest absolute Gasteiger partial charge is 0.355 e. The molecule has 2 N–H and O–H groups in total. The van der Waals surface area contributed by atoms with Gasteiger partial charge in [0.1, 0.15) is 5.82 Å². The molecule has 180 valence electrons. The van der Waals surface area contributed by atoms with Crippen molar-refractivity contribution in [2.24, 2.45) is 0 Å². The maximum atomic E-state index is 12.5. The van der Waals surface area contributed by atoms with E-state index in [0.717, 1.165) is 49.5 Å². The van der Waals surface area contributed by atoms with E-state index in [1.54, 1.807) is 6.07 Å². The summed E-state index contributed by atoms with van der Waals surface area (Å²) in [6.07, 6.45) is 1.05. The molecule has 0 aliphatic carbocycles. The molecule has 0 atom stereocenters. The normalized spacial score (nSPS) is 15.2. The van der Waals surface area contributed by atoms with Crippen LogP contribution in [0.4, 0.5) is 17.6 Å². The molecule has 1 aromatic heterocycles. The zero-order valence-corrected chi connectivity index (χ0v) is 20.9. The molecule has 9 heteroatoms. The Balaban J connectivity index is 1.76. The number of benzene rings is 1. The Kier molecular flexibility index (Phi) is 7.76. The summed E-state index contributed by atoms with van der Waals surface area (Å²) in [5.41, 5.74) is 7.81. The number of aryl methyl sites for hydroxylation is 2. The Bertz CT molecular complexity index is 974. The first-order valence-electron chi connectivity index (χ1n) is 11.4. The number of nitrogens with one attached hydrogen (secondary N) is 2. The fraction of sp³-hybridized carbons (Fsp3) is 0.542. The number of carbonyl (C=O) groups is 1. The van der Waals surface area contributed by atoms with Crippen LogP contribution in [0.1, 0.15) is 48.7 Å². The molecule has 0 spiro atoms. The molecule has 0 unspecified atom stereocenters. The minimum absolute atomic E-state index is 0.125. The summed E-state index contributed by atoms with van der Waals surface area (Å²) < 4.78 is 0. The Labute approximate surface area is 197 Å². The lowest BCUT2D eigenvalue weighted by atomic mass is 10.1. The lowest BCUT2D eigenvalue weighted by molar-refractivity contribution is 0.0524. The molecule has 3 rings (SSSR count). The fourth-order valence-corrected chi connectivity index (χ4v) is 3.44. The van der Waals surface area contributed by atoms with E-state index in [1.165, 1.54) is 0 Å². The van der Waals surface area contributed by atoms with E-state index in [-0.39, 0.29) is 11.4 Å². The van der Waals surface area contributed by atoms with Crippen LogP contribution in [-0.4, -0.2) is 66.6 Å². The van der Waals surface area contributed by atoms with Crippen molar-refractivity contribution in [3.05, 3.63) is 41.0 Å². The van der Waals surface area contributed by atoms with E-state index in [4.69, 9.17) is 9.92 Å². The third kappa shape index (κ3) is 6.55. The van der Waals surface area contributed by atoms with Crippen LogP contribution in [0.15, 0.2) is 24.3 Å². The number of aromatic nitrogens is 2. The van der Waals surface area contributed by atoms with Gasteiger partial charge in [-0.1, -0.05) is 6.07 Å². The molecule has 1 amide bonds. The van der Waals surface area contributed by atoms with E-state index in [0.29, 0.717) is 17.3 Å². The summed E-state index contributed by atoms with van der Waals surface area (Å²) in [4.78, 5) is 33.9. The second-order valence-electron chi connectivity index (χ2n) is 9.72. The summed E-state index contributed by atoms with van der Waals surface area (Å²) in [6.45, 7) is 14.1. The standard InChI is InChI=1S/C24H37N7O2/c1-17-9-10-19(15-18(17)2)22(32)28-33-27-20-16-21(30(7)24(3,4)5)26-23(25-20)31-12-8-11-29(6)13-14-31/h9-10,15-16H,8,11-14H2,1-7H3,(H,28,32)(H,25,26,27). The average molecular weight is 456 g/mol. The third-order valence-corrected chi connectivity index (χ3v) is 6.12. The highest BCUT2D eigenvalue weighted by molar-refractivity contribution is 5.93. The predicted octanol–water partition coefficient (Wildman–Crippen LogP) is 3.16. The summed E-state index contributed by atoms with van der Waals surface area (Å²) >= 11 is 0. The number of likely N-dealkylation sites (N-methyl/N-ethyl adjacent to an activating group) is 1. The number of amides is 1. The summed E-state index contributed by atoms with van der Waals surface area (Å²) in [6, 6.07) is 7.35. The van der Waals surface area contributed by atoms with Gasteiger partial charge in [-0.25, -0.2) is 11.0 Å². The zero-order valence-electron chi connectivity index (χ0n) is 20.9. The van der Waals surface area contributed by atoms with E-state index in [1.807, 2.05) is 39.1 Å². The molecule has 9 nitrogen and oxygen atoms in total. The van der Waals surface area contributed by atoms with E-state index < -0.39 is 0 Å². The van der Waals surface area contributed by atoms with Crippen LogP contribution in [0.3, 0.4) is 0 Å². The van der Waals surface area contributed by atoms with Gasteiger partial charge in [-0.15, -0.1) is 0 Å². The summed E-state index contributed by atoms with van der Waals surface area (Å²) in [7, 11) is 4.14. The van der Waals surface area contributed by atoms with E-state index in [9.17, 15) is 4.79 Å². The monoisotopic (exact) mass is 455 g/mol. The molecule has 1 fully saturated rings. The summed E-state index contributed by atoms with van der Waals surface area (Å²) in [5.74, 6) is 1.56. The van der Waals surface area contributed by atoms with Crippen molar-refractivity contribution in [2.75, 3.05) is 55.6 Å². The number of hydrogen-bond acceptors (Lipinski definition) is 8. The van der Waals surface area contributed by atoms with Gasteiger partial charge in [-0.2, -0.15) is 14.9 Å². The Hall–Kier alpha value is -2.91. The van der Waals surface area contributed by atoms with Crippen LogP contribution in [0.2, 0.25) is 0 Å². The van der Waals surface area contributed by atoms with Crippen molar-refractivity contribution in [1.29, 1.82) is 0 Å². The second-order valence-corrected chi connectivity index (χ2v) is 9.72. The highest BCUT2D eigenvalue weighted by Gasteiger charge is 2.22. The third-order valence-electron chi connectivity index (χ3n) is 6.12. The maximum Gasteiger partial charge on any atom is 0.276 e. The Morgan fingerprint density at radius 1 is 1.06 bits per heavy atom. The van der Waals surface area contributed by atoms with Crippen LogP contribution in [-0.2, 0) is 4.94 Å². The minimum atomic E-state index is -0.331. The smallest absolute Gasteiger partial charge is 0.276 e. The Morgan fingerprint density at radius 3 is 2.52 bits per heavy atom. The van der Waals surface area contributed by atoms with Crippen LogP contribution >= 0.6 is 0 Å². The van der Waals surface area contributed by atoms with Gasteiger partial charge < -0.3 is 14.7 Å². The molecule has 1 saturated heterocycles. The number of carbonyl (C=O) groups excluding carboxylic acids is 1. The summed E-state index contributed by atoms with van der Waals surface area (Å²) in [5, 5.41) is 0. The molecule has 1 aliphatic rings. The van der Waals surface area contributed by atoms with Crippen molar-refractivity contribution >= 4 is 23.5 Å². The molecule has 1 aromatic carbocycles. The van der Waals surface area contributed by atoms with Crippen molar-refractivity contribution in [2.45, 2.75) is 46.6 Å². The van der Waals surface area contributed by atoms with Gasteiger partial charge in [0.25, 0.3) is 5.91 Å². The molecular formula is C24H37N7O2. The molecule has 2 heterocycles. The molecule has 1 aliphatic heterocycles. The highest BCUT2D eigenvalue weighted by Crippen LogP contribution is 2.25. The molecule has 0 radical (unpaired) electrons. The first-order valence-corrected chi connectivity index (χ1v) is 11.4. The molecule has 33 heavy (non-hydrogen) atoms. The van der Waals surface area contributed by atoms with Gasteiger partial charge in [0.2, 0.25) is 5.95 Å². The predicted molar refractivity (Wildman–Crippen MR) is 133 cm³/mol. The van der Waals surface area contributed by atoms with Crippen molar-refractivity contribution in [1.82, 2.24) is 20.3 Å². The number of hydroxylamine groups is 1. The van der Waals surface area contributed by atoms with Gasteiger partial charge in [0, 0.05) is 43.9 Å². The Morgan fingerprint density at radius 2 is 1.82 bits per heavy atom.